The lowest BCUT2D eigenvalue weighted by Crippen LogP contribution is -2.26. The van der Waals surface area contributed by atoms with Crippen LogP contribution in [0.1, 0.15) is 12.8 Å². The number of anilines is 1. The first kappa shape index (κ1) is 9.96. The molecule has 1 saturated carbocycles. The topological polar surface area (TPSA) is 49.3 Å². The van der Waals surface area contributed by atoms with E-state index < -0.39 is 5.41 Å². The second kappa shape index (κ2) is 3.53. The molecule has 3 nitrogen and oxygen atoms in total. The normalized spacial score (nSPS) is 17.9. The first-order valence-electron chi connectivity index (χ1n) is 4.34. The average Bonchev–Trinajstić information content (AvgIpc) is 2.87. The van der Waals surface area contributed by atoms with E-state index in [4.69, 9.17) is 16.7 Å². The molecule has 0 saturated heterocycles. The fourth-order valence-corrected chi connectivity index (χ4v) is 2.17. The maximum atomic E-state index is 11.6. The Balaban J connectivity index is 2.01. The zero-order chi connectivity index (χ0) is 10.2. The molecule has 2 rings (SSSR count). The molecule has 0 unspecified atom stereocenters. The standard InChI is InChI=1S/C9H10ClNO2S/c10-6-1-2-7(14-6)11-8(13)9(5-12)3-4-9/h1-2,12H,3-5H2,(H,11,13). The third-order valence-electron chi connectivity index (χ3n) is 2.45. The molecule has 0 bridgehead atoms. The smallest absolute Gasteiger partial charge is 0.233 e. The van der Waals surface area contributed by atoms with Gasteiger partial charge in [0.15, 0.2) is 0 Å². The number of rotatable bonds is 3. The molecule has 1 amide bonds. The lowest BCUT2D eigenvalue weighted by Gasteiger charge is -2.10. The zero-order valence-corrected chi connectivity index (χ0v) is 8.99. The van der Waals surface area contributed by atoms with Crippen molar-refractivity contribution in [3.05, 3.63) is 16.5 Å². The van der Waals surface area contributed by atoms with Crippen LogP contribution in [0.25, 0.3) is 0 Å². The number of hydrogen-bond acceptors (Lipinski definition) is 3. The second-order valence-electron chi connectivity index (χ2n) is 3.50. The average molecular weight is 232 g/mol. The van der Waals surface area contributed by atoms with Crippen molar-refractivity contribution in [1.82, 2.24) is 0 Å². The molecule has 1 aromatic rings. The summed E-state index contributed by atoms with van der Waals surface area (Å²) in [5, 5.41) is 12.5. The molecule has 5 heteroatoms. The van der Waals surface area contributed by atoms with Gasteiger partial charge >= 0.3 is 0 Å². The third-order valence-corrected chi connectivity index (χ3v) is 3.59. The maximum absolute atomic E-state index is 11.6. The van der Waals surface area contributed by atoms with Gasteiger partial charge in [-0.15, -0.1) is 11.3 Å². The van der Waals surface area contributed by atoms with E-state index in [1.54, 1.807) is 12.1 Å². The highest BCUT2D eigenvalue weighted by molar-refractivity contribution is 7.20. The van der Waals surface area contributed by atoms with Crippen LogP contribution in [0, 0.1) is 5.41 Å². The van der Waals surface area contributed by atoms with Gasteiger partial charge in [-0.3, -0.25) is 4.79 Å². The van der Waals surface area contributed by atoms with E-state index in [0.29, 0.717) is 4.34 Å². The summed E-state index contributed by atoms with van der Waals surface area (Å²) in [6, 6.07) is 3.50. The van der Waals surface area contributed by atoms with Gasteiger partial charge in [-0.05, 0) is 25.0 Å². The number of thiophene rings is 1. The van der Waals surface area contributed by atoms with Crippen LogP contribution >= 0.6 is 22.9 Å². The van der Waals surface area contributed by atoms with Crippen LogP contribution in [0.3, 0.4) is 0 Å². The Kier molecular flexibility index (Phi) is 2.51. The predicted octanol–water partition coefficient (Wildman–Crippen LogP) is 2.11. The molecule has 1 aromatic heterocycles. The van der Waals surface area contributed by atoms with Gasteiger partial charge in [-0.2, -0.15) is 0 Å². The van der Waals surface area contributed by atoms with Crippen LogP contribution in [0.2, 0.25) is 4.34 Å². The van der Waals surface area contributed by atoms with Gasteiger partial charge in [0.1, 0.15) is 0 Å². The van der Waals surface area contributed by atoms with Crippen molar-refractivity contribution >= 4 is 33.8 Å². The van der Waals surface area contributed by atoms with Gasteiger partial charge in [0.2, 0.25) is 5.91 Å². The highest BCUT2D eigenvalue weighted by Crippen LogP contribution is 2.46. The van der Waals surface area contributed by atoms with Crippen LogP contribution in [0.4, 0.5) is 5.00 Å². The molecule has 1 aliphatic rings. The van der Waals surface area contributed by atoms with Crippen molar-refractivity contribution in [2.24, 2.45) is 5.41 Å². The van der Waals surface area contributed by atoms with E-state index in [9.17, 15) is 4.79 Å². The number of halogens is 1. The van der Waals surface area contributed by atoms with Gasteiger partial charge in [0, 0.05) is 0 Å². The van der Waals surface area contributed by atoms with Crippen LogP contribution in [-0.2, 0) is 4.79 Å². The van der Waals surface area contributed by atoms with Crippen molar-refractivity contribution in [3.63, 3.8) is 0 Å². The van der Waals surface area contributed by atoms with Crippen LogP contribution in [0.15, 0.2) is 12.1 Å². The fraction of sp³-hybridized carbons (Fsp3) is 0.444. The predicted molar refractivity (Wildman–Crippen MR) is 56.7 cm³/mol. The van der Waals surface area contributed by atoms with Crippen LogP contribution < -0.4 is 5.32 Å². The SMILES string of the molecule is O=C(Nc1ccc(Cl)s1)C1(CO)CC1. The molecule has 76 valence electrons. The molecule has 1 heterocycles. The summed E-state index contributed by atoms with van der Waals surface area (Å²) in [4.78, 5) is 11.6. The largest absolute Gasteiger partial charge is 0.395 e. The van der Waals surface area contributed by atoms with E-state index in [1.807, 2.05) is 0 Å². The molecule has 0 aromatic carbocycles. The van der Waals surface area contributed by atoms with Crippen molar-refractivity contribution in [1.29, 1.82) is 0 Å². The molecule has 14 heavy (non-hydrogen) atoms. The second-order valence-corrected chi connectivity index (χ2v) is 5.21. The Morgan fingerprint density at radius 2 is 2.36 bits per heavy atom. The van der Waals surface area contributed by atoms with E-state index >= 15 is 0 Å². The summed E-state index contributed by atoms with van der Waals surface area (Å²) < 4.78 is 0.647. The summed E-state index contributed by atoms with van der Waals surface area (Å²) >= 11 is 7.05. The number of carbonyl (C=O) groups excluding carboxylic acids is 1. The molecule has 1 aliphatic carbocycles. The summed E-state index contributed by atoms with van der Waals surface area (Å²) in [6.07, 6.45) is 1.54. The number of nitrogens with one attached hydrogen (secondary N) is 1. The Bertz CT molecular complexity index is 359. The molecule has 2 N–H and O–H groups in total. The molecule has 0 radical (unpaired) electrons. The monoisotopic (exact) mass is 231 g/mol. The fourth-order valence-electron chi connectivity index (χ4n) is 1.23. The number of aliphatic hydroxyl groups is 1. The summed E-state index contributed by atoms with van der Waals surface area (Å²) in [7, 11) is 0. The van der Waals surface area contributed by atoms with Crippen molar-refractivity contribution < 1.29 is 9.90 Å². The molecule has 1 fully saturated rings. The van der Waals surface area contributed by atoms with Gasteiger partial charge < -0.3 is 10.4 Å². The molecule has 0 atom stereocenters. The molecular weight excluding hydrogens is 222 g/mol. The lowest BCUT2D eigenvalue weighted by atomic mass is 10.1. The highest BCUT2D eigenvalue weighted by atomic mass is 35.5. The zero-order valence-electron chi connectivity index (χ0n) is 7.42. The first-order chi connectivity index (χ1) is 6.66. The van der Waals surface area contributed by atoms with Crippen molar-refractivity contribution in [3.8, 4) is 0 Å². The highest BCUT2D eigenvalue weighted by Gasteiger charge is 2.49. The quantitative estimate of drug-likeness (QED) is 0.837. The van der Waals surface area contributed by atoms with Crippen LogP contribution in [-0.4, -0.2) is 17.6 Å². The van der Waals surface area contributed by atoms with E-state index in [0.717, 1.165) is 17.8 Å². The summed E-state index contributed by atoms with van der Waals surface area (Å²) in [5.41, 5.74) is -0.517. The molecule has 0 spiro atoms. The van der Waals surface area contributed by atoms with Crippen molar-refractivity contribution in [2.45, 2.75) is 12.8 Å². The molecular formula is C9H10ClNO2S. The number of hydrogen-bond donors (Lipinski definition) is 2. The third kappa shape index (κ3) is 1.78. The number of amides is 1. The number of aliphatic hydroxyl groups excluding tert-OH is 1. The van der Waals surface area contributed by atoms with Crippen molar-refractivity contribution in [2.75, 3.05) is 11.9 Å². The Morgan fingerprint density at radius 1 is 1.64 bits per heavy atom. The Morgan fingerprint density at radius 3 is 2.79 bits per heavy atom. The van der Waals surface area contributed by atoms with Gasteiger partial charge in [-0.1, -0.05) is 11.6 Å². The van der Waals surface area contributed by atoms with Gasteiger partial charge in [0.05, 0.1) is 21.4 Å². The van der Waals surface area contributed by atoms with E-state index in [-0.39, 0.29) is 12.5 Å². The van der Waals surface area contributed by atoms with E-state index in [2.05, 4.69) is 5.32 Å². The number of carbonyl (C=O) groups is 1. The molecule has 0 aliphatic heterocycles. The van der Waals surface area contributed by atoms with Gasteiger partial charge in [0.25, 0.3) is 0 Å². The minimum absolute atomic E-state index is 0.0715. The minimum Gasteiger partial charge on any atom is -0.395 e. The lowest BCUT2D eigenvalue weighted by molar-refractivity contribution is -0.122. The van der Waals surface area contributed by atoms with Crippen LogP contribution in [0.5, 0.6) is 0 Å². The summed E-state index contributed by atoms with van der Waals surface area (Å²) in [6.45, 7) is -0.0715. The maximum Gasteiger partial charge on any atom is 0.233 e. The minimum atomic E-state index is -0.517. The van der Waals surface area contributed by atoms with Gasteiger partial charge in [-0.25, -0.2) is 0 Å². The first-order valence-corrected chi connectivity index (χ1v) is 5.53. The Labute approximate surface area is 90.7 Å². The Hall–Kier alpha value is -0.580. The van der Waals surface area contributed by atoms with E-state index in [1.165, 1.54) is 11.3 Å². The summed E-state index contributed by atoms with van der Waals surface area (Å²) in [5.74, 6) is -0.0986.